The summed E-state index contributed by atoms with van der Waals surface area (Å²) in [5.41, 5.74) is 1.41. The maximum atomic E-state index is 13.1. The van der Waals surface area contributed by atoms with Crippen LogP contribution in [0.3, 0.4) is 0 Å². The molecule has 0 atom stereocenters. The molecule has 0 saturated heterocycles. The Morgan fingerprint density at radius 1 is 1.19 bits per heavy atom. The fourth-order valence-corrected chi connectivity index (χ4v) is 2.40. The van der Waals surface area contributed by atoms with Gasteiger partial charge in [-0.1, -0.05) is 34.1 Å². The minimum absolute atomic E-state index is 0.0842. The van der Waals surface area contributed by atoms with E-state index in [9.17, 15) is 14.5 Å². The number of ether oxygens (including phenoxy) is 1. The van der Waals surface area contributed by atoms with Crippen LogP contribution in [-0.4, -0.2) is 11.5 Å². The second-order valence-electron chi connectivity index (χ2n) is 4.37. The molecule has 0 aliphatic rings. The Balaban J connectivity index is 2.04. The maximum Gasteiger partial charge on any atom is 0.272 e. The van der Waals surface area contributed by atoms with Gasteiger partial charge in [0.05, 0.1) is 11.5 Å². The summed E-state index contributed by atoms with van der Waals surface area (Å²) in [6, 6.07) is 10.8. The van der Waals surface area contributed by atoms with Crippen LogP contribution in [0.1, 0.15) is 11.1 Å². The van der Waals surface area contributed by atoms with Gasteiger partial charge in [-0.15, -0.1) is 0 Å². The number of nitrogens with zero attached hydrogens (tertiary/aromatic N) is 1. The zero-order valence-electron chi connectivity index (χ0n) is 11.1. The van der Waals surface area contributed by atoms with E-state index in [1.54, 1.807) is 24.3 Å². The van der Waals surface area contributed by atoms with Crippen LogP contribution < -0.4 is 4.74 Å². The molecule has 0 heterocycles. The summed E-state index contributed by atoms with van der Waals surface area (Å²) in [6.45, 7) is 0.288. The minimum atomic E-state index is -0.406. The molecular formula is C15H13BrFNO3. The lowest BCUT2D eigenvalue weighted by atomic mass is 10.1. The van der Waals surface area contributed by atoms with Crippen LogP contribution in [0.25, 0.3) is 0 Å². The van der Waals surface area contributed by atoms with Crippen LogP contribution in [0.2, 0.25) is 0 Å². The number of nitro groups is 1. The first-order valence-electron chi connectivity index (χ1n) is 6.31. The zero-order chi connectivity index (χ0) is 15.2. The number of benzene rings is 2. The highest BCUT2D eigenvalue weighted by atomic mass is 79.9. The summed E-state index contributed by atoms with van der Waals surface area (Å²) >= 11 is 3.27. The van der Waals surface area contributed by atoms with Gasteiger partial charge < -0.3 is 4.74 Å². The van der Waals surface area contributed by atoms with Gasteiger partial charge in [-0.25, -0.2) is 4.39 Å². The molecule has 21 heavy (non-hydrogen) atoms. The Bertz CT molecular complexity index is 649. The molecule has 0 aromatic heterocycles. The van der Waals surface area contributed by atoms with E-state index in [2.05, 4.69) is 15.9 Å². The lowest BCUT2D eigenvalue weighted by Gasteiger charge is -2.10. The molecule has 6 heteroatoms. The summed E-state index contributed by atoms with van der Waals surface area (Å²) in [4.78, 5) is 10.5. The maximum absolute atomic E-state index is 13.1. The molecular weight excluding hydrogens is 341 g/mol. The van der Waals surface area contributed by atoms with E-state index in [4.69, 9.17) is 4.74 Å². The van der Waals surface area contributed by atoms with Crippen LogP contribution in [0, 0.1) is 15.9 Å². The average molecular weight is 354 g/mol. The second kappa shape index (κ2) is 7.17. The van der Waals surface area contributed by atoms with Gasteiger partial charge in [0.15, 0.2) is 0 Å². The standard InChI is InChI=1S/C15H13BrFNO3/c16-10-12-9-13(17)5-6-15(12)21-8-7-11-3-1-2-4-14(11)18(19)20/h1-6,9H,7-8,10H2. The molecule has 0 bridgehead atoms. The third-order valence-corrected chi connectivity index (χ3v) is 3.59. The van der Waals surface area contributed by atoms with Crippen molar-refractivity contribution >= 4 is 21.6 Å². The van der Waals surface area contributed by atoms with E-state index in [-0.39, 0.29) is 18.1 Å². The van der Waals surface area contributed by atoms with Gasteiger partial charge in [0.25, 0.3) is 5.69 Å². The molecule has 0 aliphatic heterocycles. The Morgan fingerprint density at radius 2 is 1.95 bits per heavy atom. The van der Waals surface area contributed by atoms with Crippen molar-refractivity contribution in [2.24, 2.45) is 0 Å². The Labute approximate surface area is 129 Å². The minimum Gasteiger partial charge on any atom is -0.493 e. The third kappa shape index (κ3) is 4.01. The van der Waals surface area contributed by atoms with Gasteiger partial charge in [-0.2, -0.15) is 0 Å². The number of para-hydroxylation sites is 1. The molecule has 2 rings (SSSR count). The number of nitro benzene ring substituents is 1. The third-order valence-electron chi connectivity index (χ3n) is 2.98. The van der Waals surface area contributed by atoms with E-state index in [0.29, 0.717) is 28.6 Å². The van der Waals surface area contributed by atoms with Crippen molar-refractivity contribution in [1.82, 2.24) is 0 Å². The van der Waals surface area contributed by atoms with Crippen molar-refractivity contribution in [2.45, 2.75) is 11.8 Å². The van der Waals surface area contributed by atoms with Crippen LogP contribution in [0.4, 0.5) is 10.1 Å². The number of hydrogen-bond acceptors (Lipinski definition) is 3. The normalized spacial score (nSPS) is 10.4. The van der Waals surface area contributed by atoms with Crippen LogP contribution in [-0.2, 0) is 11.8 Å². The number of halogens is 2. The quantitative estimate of drug-likeness (QED) is 0.443. The van der Waals surface area contributed by atoms with Crippen molar-refractivity contribution in [3.8, 4) is 5.75 Å². The van der Waals surface area contributed by atoms with Crippen molar-refractivity contribution in [1.29, 1.82) is 0 Å². The highest BCUT2D eigenvalue weighted by Gasteiger charge is 2.12. The van der Waals surface area contributed by atoms with Gasteiger partial charge in [-0.3, -0.25) is 10.1 Å². The zero-order valence-corrected chi connectivity index (χ0v) is 12.7. The molecule has 0 fully saturated rings. The first-order valence-corrected chi connectivity index (χ1v) is 7.43. The molecule has 2 aromatic rings. The molecule has 0 N–H and O–H groups in total. The van der Waals surface area contributed by atoms with Gasteiger partial charge >= 0.3 is 0 Å². The number of hydrogen-bond donors (Lipinski definition) is 0. The number of alkyl halides is 1. The molecule has 110 valence electrons. The van der Waals surface area contributed by atoms with Gasteiger partial charge in [0, 0.05) is 28.9 Å². The number of rotatable bonds is 6. The lowest BCUT2D eigenvalue weighted by Crippen LogP contribution is -2.05. The molecule has 2 aromatic carbocycles. The molecule has 0 amide bonds. The summed E-state index contributed by atoms with van der Waals surface area (Å²) < 4.78 is 18.7. The van der Waals surface area contributed by atoms with Gasteiger partial charge in [0.1, 0.15) is 11.6 Å². The Morgan fingerprint density at radius 3 is 2.67 bits per heavy atom. The van der Waals surface area contributed by atoms with E-state index in [1.807, 2.05) is 0 Å². The Kier molecular flexibility index (Phi) is 5.27. The molecule has 0 aliphatic carbocycles. The van der Waals surface area contributed by atoms with Gasteiger partial charge in [0.2, 0.25) is 0 Å². The summed E-state index contributed by atoms with van der Waals surface area (Å²) in [5.74, 6) is 0.252. The van der Waals surface area contributed by atoms with Crippen LogP contribution in [0.15, 0.2) is 42.5 Å². The van der Waals surface area contributed by atoms with E-state index in [1.165, 1.54) is 18.2 Å². The summed E-state index contributed by atoms with van der Waals surface area (Å²) in [7, 11) is 0. The molecule has 4 nitrogen and oxygen atoms in total. The van der Waals surface area contributed by atoms with E-state index >= 15 is 0 Å². The van der Waals surface area contributed by atoms with E-state index < -0.39 is 4.92 Å². The first kappa shape index (κ1) is 15.4. The predicted molar refractivity (Wildman–Crippen MR) is 81.3 cm³/mol. The molecule has 0 spiro atoms. The summed E-state index contributed by atoms with van der Waals surface area (Å²) in [6.07, 6.45) is 0.413. The largest absolute Gasteiger partial charge is 0.493 e. The summed E-state index contributed by atoms with van der Waals surface area (Å²) in [5, 5.41) is 11.4. The van der Waals surface area contributed by atoms with Gasteiger partial charge in [-0.05, 0) is 18.2 Å². The Hall–Kier alpha value is -1.95. The van der Waals surface area contributed by atoms with E-state index in [0.717, 1.165) is 0 Å². The van der Waals surface area contributed by atoms with Crippen molar-refractivity contribution in [2.75, 3.05) is 6.61 Å². The highest BCUT2D eigenvalue weighted by molar-refractivity contribution is 9.08. The van der Waals surface area contributed by atoms with Crippen LogP contribution in [0.5, 0.6) is 5.75 Å². The fourth-order valence-electron chi connectivity index (χ4n) is 1.96. The second-order valence-corrected chi connectivity index (χ2v) is 4.93. The monoisotopic (exact) mass is 353 g/mol. The predicted octanol–water partition coefficient (Wildman–Crippen LogP) is 4.25. The van der Waals surface area contributed by atoms with Crippen molar-refractivity contribution in [3.05, 3.63) is 69.5 Å². The van der Waals surface area contributed by atoms with Crippen LogP contribution >= 0.6 is 15.9 Å². The average Bonchev–Trinajstić information content (AvgIpc) is 2.49. The molecule has 0 unspecified atom stereocenters. The molecule has 0 saturated carbocycles. The fraction of sp³-hybridized carbons (Fsp3) is 0.200. The molecule has 0 radical (unpaired) electrons. The van der Waals surface area contributed by atoms with Crippen molar-refractivity contribution in [3.63, 3.8) is 0 Å². The smallest absolute Gasteiger partial charge is 0.272 e. The SMILES string of the molecule is O=[N+]([O-])c1ccccc1CCOc1ccc(F)cc1CBr. The van der Waals surface area contributed by atoms with Crippen molar-refractivity contribution < 1.29 is 14.1 Å². The lowest BCUT2D eigenvalue weighted by molar-refractivity contribution is -0.385. The highest BCUT2D eigenvalue weighted by Crippen LogP contribution is 2.23. The first-order chi connectivity index (χ1) is 10.1. The topological polar surface area (TPSA) is 52.4 Å².